The second-order valence-corrected chi connectivity index (χ2v) is 5.58. The Labute approximate surface area is 134 Å². The number of hydrogen-bond donors (Lipinski definition) is 2. The molecule has 0 bridgehead atoms. The minimum atomic E-state index is -1.15. The summed E-state index contributed by atoms with van der Waals surface area (Å²) in [6.07, 6.45) is 6.31. The van der Waals surface area contributed by atoms with Crippen molar-refractivity contribution in [2.75, 3.05) is 0 Å². The molecule has 1 aromatic carbocycles. The van der Waals surface area contributed by atoms with E-state index in [0.29, 0.717) is 18.9 Å². The van der Waals surface area contributed by atoms with E-state index < -0.39 is 29.6 Å². The van der Waals surface area contributed by atoms with Gasteiger partial charge in [0, 0.05) is 11.6 Å². The fourth-order valence-corrected chi connectivity index (χ4v) is 2.31. The van der Waals surface area contributed by atoms with E-state index in [0.717, 1.165) is 44.2 Å². The largest absolute Gasteiger partial charge is 0.480 e. The van der Waals surface area contributed by atoms with Gasteiger partial charge in [0.1, 0.15) is 17.7 Å². The van der Waals surface area contributed by atoms with Crippen LogP contribution in [0, 0.1) is 11.6 Å². The summed E-state index contributed by atoms with van der Waals surface area (Å²) < 4.78 is 26.2. The van der Waals surface area contributed by atoms with Crippen molar-refractivity contribution in [3.05, 3.63) is 35.4 Å². The number of nitrogens with one attached hydrogen (secondary N) is 1. The average Bonchev–Trinajstić information content (AvgIpc) is 2.48. The summed E-state index contributed by atoms with van der Waals surface area (Å²) in [5, 5.41) is 11.5. The molecule has 0 saturated heterocycles. The van der Waals surface area contributed by atoms with Crippen molar-refractivity contribution < 1.29 is 23.5 Å². The topological polar surface area (TPSA) is 66.4 Å². The highest BCUT2D eigenvalue weighted by Crippen LogP contribution is 2.11. The van der Waals surface area contributed by atoms with Gasteiger partial charge in [0.05, 0.1) is 0 Å². The summed E-state index contributed by atoms with van der Waals surface area (Å²) in [5.41, 5.74) is -0.225. The molecular formula is C17H23F2NO3. The summed E-state index contributed by atoms with van der Waals surface area (Å²) >= 11 is 0. The van der Waals surface area contributed by atoms with Crippen LogP contribution >= 0.6 is 0 Å². The van der Waals surface area contributed by atoms with E-state index in [4.69, 9.17) is 5.11 Å². The molecule has 1 amide bonds. The molecule has 1 atom stereocenters. The Morgan fingerprint density at radius 2 is 1.61 bits per heavy atom. The van der Waals surface area contributed by atoms with Crippen molar-refractivity contribution >= 4 is 11.9 Å². The normalized spacial score (nSPS) is 12.0. The molecular weight excluding hydrogens is 304 g/mol. The molecule has 0 aliphatic rings. The SMILES string of the molecule is CCCCCCCC[C@@H](NC(=O)c1cc(F)cc(F)c1)C(=O)O. The maximum absolute atomic E-state index is 13.1. The zero-order valence-electron chi connectivity index (χ0n) is 13.3. The van der Waals surface area contributed by atoms with Crippen LogP contribution in [0.2, 0.25) is 0 Å². The minimum Gasteiger partial charge on any atom is -0.480 e. The van der Waals surface area contributed by atoms with E-state index in [1.807, 2.05) is 0 Å². The van der Waals surface area contributed by atoms with Crippen molar-refractivity contribution in [2.24, 2.45) is 0 Å². The molecule has 1 aromatic rings. The molecule has 0 spiro atoms. The maximum atomic E-state index is 13.1. The van der Waals surface area contributed by atoms with Crippen molar-refractivity contribution in [1.82, 2.24) is 5.32 Å². The van der Waals surface area contributed by atoms with E-state index in [2.05, 4.69) is 12.2 Å². The summed E-state index contributed by atoms with van der Waals surface area (Å²) in [6, 6.07) is 1.35. The molecule has 0 fully saturated rings. The maximum Gasteiger partial charge on any atom is 0.326 e. The number of carbonyl (C=O) groups excluding carboxylic acids is 1. The molecule has 23 heavy (non-hydrogen) atoms. The van der Waals surface area contributed by atoms with Crippen LogP contribution in [0.15, 0.2) is 18.2 Å². The predicted octanol–water partition coefficient (Wildman–Crippen LogP) is 3.90. The van der Waals surface area contributed by atoms with E-state index in [1.54, 1.807) is 0 Å². The number of halogens is 2. The number of carboxylic acid groups (broad SMARTS) is 1. The molecule has 0 aromatic heterocycles. The first-order valence-electron chi connectivity index (χ1n) is 7.93. The first-order valence-corrected chi connectivity index (χ1v) is 7.93. The highest BCUT2D eigenvalue weighted by molar-refractivity contribution is 5.96. The van der Waals surface area contributed by atoms with Crippen LogP contribution in [0.4, 0.5) is 8.78 Å². The Morgan fingerprint density at radius 3 is 2.17 bits per heavy atom. The first kappa shape index (κ1) is 19.1. The Balaban J connectivity index is 2.51. The van der Waals surface area contributed by atoms with Crippen LogP contribution in [0.3, 0.4) is 0 Å². The number of aliphatic carboxylic acids is 1. The van der Waals surface area contributed by atoms with Gasteiger partial charge in [0.25, 0.3) is 5.91 Å². The minimum absolute atomic E-state index is 0.225. The van der Waals surface area contributed by atoms with Gasteiger partial charge in [-0.25, -0.2) is 13.6 Å². The smallest absolute Gasteiger partial charge is 0.326 e. The summed E-state index contributed by atoms with van der Waals surface area (Å²) in [4.78, 5) is 23.1. The van der Waals surface area contributed by atoms with Crippen LogP contribution in [0.5, 0.6) is 0 Å². The van der Waals surface area contributed by atoms with Gasteiger partial charge in [0.2, 0.25) is 0 Å². The lowest BCUT2D eigenvalue weighted by Gasteiger charge is -2.14. The quantitative estimate of drug-likeness (QED) is 0.641. The Kier molecular flexibility index (Phi) is 8.22. The van der Waals surface area contributed by atoms with Gasteiger partial charge in [-0.2, -0.15) is 0 Å². The van der Waals surface area contributed by atoms with E-state index in [-0.39, 0.29) is 5.56 Å². The number of carboxylic acids is 1. The third-order valence-electron chi connectivity index (χ3n) is 3.57. The van der Waals surface area contributed by atoms with Gasteiger partial charge in [0.15, 0.2) is 0 Å². The highest BCUT2D eigenvalue weighted by Gasteiger charge is 2.20. The molecule has 4 nitrogen and oxygen atoms in total. The lowest BCUT2D eigenvalue weighted by molar-refractivity contribution is -0.139. The molecule has 128 valence electrons. The van der Waals surface area contributed by atoms with Crippen molar-refractivity contribution in [3.63, 3.8) is 0 Å². The third-order valence-corrected chi connectivity index (χ3v) is 3.57. The molecule has 1 rings (SSSR count). The summed E-state index contributed by atoms with van der Waals surface area (Å²) in [5.74, 6) is -3.69. The number of hydrogen-bond acceptors (Lipinski definition) is 2. The Morgan fingerprint density at radius 1 is 1.04 bits per heavy atom. The number of carbonyl (C=O) groups is 2. The van der Waals surface area contributed by atoms with Gasteiger partial charge >= 0.3 is 5.97 Å². The highest BCUT2D eigenvalue weighted by atomic mass is 19.1. The second-order valence-electron chi connectivity index (χ2n) is 5.58. The van der Waals surface area contributed by atoms with E-state index in [9.17, 15) is 18.4 Å². The average molecular weight is 327 g/mol. The summed E-state index contributed by atoms with van der Waals surface area (Å²) in [7, 11) is 0. The van der Waals surface area contributed by atoms with Crippen molar-refractivity contribution in [1.29, 1.82) is 0 Å². The molecule has 0 saturated carbocycles. The third kappa shape index (κ3) is 7.21. The van der Waals surface area contributed by atoms with Gasteiger partial charge < -0.3 is 10.4 Å². The van der Waals surface area contributed by atoms with Gasteiger partial charge in [-0.05, 0) is 18.6 Å². The van der Waals surface area contributed by atoms with E-state index in [1.165, 1.54) is 0 Å². The Bertz CT molecular complexity index is 514. The molecule has 6 heteroatoms. The number of amides is 1. The van der Waals surface area contributed by atoms with Gasteiger partial charge in [-0.3, -0.25) is 4.79 Å². The lowest BCUT2D eigenvalue weighted by atomic mass is 10.1. The first-order chi connectivity index (χ1) is 10.9. The van der Waals surface area contributed by atoms with E-state index >= 15 is 0 Å². The fourth-order valence-electron chi connectivity index (χ4n) is 2.31. The molecule has 0 heterocycles. The Hall–Kier alpha value is -1.98. The monoisotopic (exact) mass is 327 g/mol. The zero-order valence-corrected chi connectivity index (χ0v) is 13.3. The molecule has 0 radical (unpaired) electrons. The summed E-state index contributed by atoms with van der Waals surface area (Å²) in [6.45, 7) is 2.12. The van der Waals surface area contributed by atoms with Crippen LogP contribution in [0.25, 0.3) is 0 Å². The van der Waals surface area contributed by atoms with Crippen LogP contribution in [-0.4, -0.2) is 23.0 Å². The molecule has 0 aliphatic heterocycles. The molecule has 0 aliphatic carbocycles. The molecule has 0 unspecified atom stereocenters. The zero-order chi connectivity index (χ0) is 17.2. The van der Waals surface area contributed by atoms with Crippen LogP contribution in [0.1, 0.15) is 62.2 Å². The number of unbranched alkanes of at least 4 members (excludes halogenated alkanes) is 5. The lowest BCUT2D eigenvalue weighted by Crippen LogP contribution is -2.40. The van der Waals surface area contributed by atoms with Crippen molar-refractivity contribution in [2.45, 2.75) is 57.9 Å². The standard InChI is InChI=1S/C17H23F2NO3/c1-2-3-4-5-6-7-8-15(17(22)23)20-16(21)12-9-13(18)11-14(19)10-12/h9-11,15H,2-8H2,1H3,(H,20,21)(H,22,23)/t15-/m1/s1. The van der Waals surface area contributed by atoms with Gasteiger partial charge in [-0.15, -0.1) is 0 Å². The predicted molar refractivity (Wildman–Crippen MR) is 83.2 cm³/mol. The van der Waals surface area contributed by atoms with Crippen LogP contribution in [-0.2, 0) is 4.79 Å². The number of benzene rings is 1. The van der Waals surface area contributed by atoms with Gasteiger partial charge in [-0.1, -0.05) is 45.4 Å². The molecule has 2 N–H and O–H groups in total. The van der Waals surface area contributed by atoms with Crippen LogP contribution < -0.4 is 5.32 Å². The fraction of sp³-hybridized carbons (Fsp3) is 0.529. The second kappa shape index (κ2) is 9.92. The number of rotatable bonds is 10. The van der Waals surface area contributed by atoms with Crippen molar-refractivity contribution in [3.8, 4) is 0 Å².